The fourth-order valence-corrected chi connectivity index (χ4v) is 8.82. The summed E-state index contributed by atoms with van der Waals surface area (Å²) in [5.74, 6) is -5.02. The van der Waals surface area contributed by atoms with E-state index in [1.165, 1.54) is 52.8 Å². The minimum absolute atomic E-state index is 0.145. The third-order valence-corrected chi connectivity index (χ3v) is 11.2. The molecule has 0 amide bonds. The van der Waals surface area contributed by atoms with Gasteiger partial charge in [-0.2, -0.15) is 0 Å². The Labute approximate surface area is 314 Å². The van der Waals surface area contributed by atoms with Crippen molar-refractivity contribution in [3.8, 4) is 0 Å². The molecule has 12 nitrogen and oxygen atoms in total. The Morgan fingerprint density at radius 3 is 1.94 bits per heavy atom. The number of aliphatic hydroxyl groups is 2. The van der Waals surface area contributed by atoms with Crippen molar-refractivity contribution in [3.05, 3.63) is 101 Å². The molecular formula is C42H48O12. The number of benzene rings is 2. The first kappa shape index (κ1) is 40.1. The summed E-state index contributed by atoms with van der Waals surface area (Å²) < 4.78 is 30.7. The first-order valence-corrected chi connectivity index (χ1v) is 17.8. The van der Waals surface area contributed by atoms with Gasteiger partial charge in [-0.15, -0.1) is 0 Å². The predicted molar refractivity (Wildman–Crippen MR) is 195 cm³/mol. The predicted octanol–water partition coefficient (Wildman–Crippen LogP) is 5.07. The van der Waals surface area contributed by atoms with Crippen LogP contribution in [0.5, 0.6) is 0 Å². The molecule has 0 spiro atoms. The highest BCUT2D eigenvalue weighted by molar-refractivity contribution is 5.90. The second kappa shape index (κ2) is 15.3. The summed E-state index contributed by atoms with van der Waals surface area (Å²) in [7, 11) is 0. The topological polar surface area (TPSA) is 172 Å². The van der Waals surface area contributed by atoms with Crippen molar-refractivity contribution >= 4 is 35.9 Å². The van der Waals surface area contributed by atoms with Crippen molar-refractivity contribution in [3.63, 3.8) is 0 Å². The molecule has 0 aliphatic heterocycles. The van der Waals surface area contributed by atoms with Gasteiger partial charge in [0, 0.05) is 45.6 Å². The van der Waals surface area contributed by atoms with Crippen molar-refractivity contribution in [2.75, 3.05) is 0 Å². The summed E-state index contributed by atoms with van der Waals surface area (Å²) >= 11 is 0. The Morgan fingerprint density at radius 1 is 0.833 bits per heavy atom. The van der Waals surface area contributed by atoms with E-state index < -0.39 is 88.8 Å². The van der Waals surface area contributed by atoms with Crippen LogP contribution in [-0.2, 0) is 42.9 Å². The Balaban J connectivity index is 1.83. The number of esters is 5. The third kappa shape index (κ3) is 7.37. The van der Waals surface area contributed by atoms with Gasteiger partial charge in [0.2, 0.25) is 0 Å². The number of carbonyl (C=O) groups is 5. The molecule has 54 heavy (non-hydrogen) atoms. The lowest BCUT2D eigenvalue weighted by Crippen LogP contribution is -2.64. The van der Waals surface area contributed by atoms with E-state index in [1.807, 2.05) is 30.3 Å². The molecule has 2 aromatic rings. The Bertz CT molecular complexity index is 1860. The van der Waals surface area contributed by atoms with E-state index in [0.29, 0.717) is 5.57 Å². The van der Waals surface area contributed by atoms with Gasteiger partial charge in [0.15, 0.2) is 12.2 Å². The molecule has 3 aliphatic carbocycles. The number of carbonyl (C=O) groups excluding carboxylic acids is 5. The van der Waals surface area contributed by atoms with E-state index in [0.717, 1.165) is 5.56 Å². The maximum absolute atomic E-state index is 14.1. The molecular weight excluding hydrogens is 696 g/mol. The van der Waals surface area contributed by atoms with Crippen LogP contribution in [0.3, 0.4) is 0 Å². The minimum atomic E-state index is -1.87. The zero-order valence-corrected chi connectivity index (χ0v) is 31.6. The number of aliphatic hydroxyl groups excluding tert-OH is 1. The van der Waals surface area contributed by atoms with Gasteiger partial charge in [-0.05, 0) is 61.3 Å². The quantitative estimate of drug-likeness (QED) is 0.152. The van der Waals surface area contributed by atoms with E-state index in [2.05, 4.69) is 6.58 Å². The summed E-state index contributed by atoms with van der Waals surface area (Å²) in [6.07, 6.45) is -5.62. The SMILES string of the molecule is C=C1[C@@H](O)C[C@@H](OC(C)=O)[C@]2(C)[C@H](OC(C)=O)[C@H](OC(=O)c3ccccc3)C3=C(C)[C@@H](OC(=O)C=Cc4ccccc4)C[C@]3(C(C)(C)O)[C@@H](OC(C)=O)[C@H]12. The van der Waals surface area contributed by atoms with Gasteiger partial charge in [-0.25, -0.2) is 9.59 Å². The van der Waals surface area contributed by atoms with Crippen molar-refractivity contribution in [2.24, 2.45) is 16.7 Å². The van der Waals surface area contributed by atoms with E-state index in [9.17, 15) is 34.2 Å². The second-order valence-corrected chi connectivity index (χ2v) is 15.0. The summed E-state index contributed by atoms with van der Waals surface area (Å²) in [5, 5.41) is 24.0. The average Bonchev–Trinajstić information content (AvgIpc) is 3.36. The number of rotatable bonds is 9. The Hall–Kier alpha value is -5.07. The fraction of sp³-hybridized carbons (Fsp3) is 0.452. The zero-order valence-electron chi connectivity index (χ0n) is 31.6. The van der Waals surface area contributed by atoms with Crippen LogP contribution in [0.4, 0.5) is 0 Å². The monoisotopic (exact) mass is 744 g/mol. The summed E-state index contributed by atoms with van der Waals surface area (Å²) in [6.45, 7) is 14.0. The Morgan fingerprint density at radius 2 is 1.39 bits per heavy atom. The van der Waals surface area contributed by atoms with E-state index in [-0.39, 0.29) is 29.6 Å². The highest BCUT2D eigenvalue weighted by atomic mass is 16.6. The van der Waals surface area contributed by atoms with Gasteiger partial charge in [0.1, 0.15) is 18.3 Å². The number of hydrogen-bond acceptors (Lipinski definition) is 12. The van der Waals surface area contributed by atoms with Gasteiger partial charge in [-0.3, -0.25) is 14.4 Å². The largest absolute Gasteiger partial charge is 0.462 e. The Kier molecular flexibility index (Phi) is 11.4. The van der Waals surface area contributed by atoms with Crippen LogP contribution in [-0.4, -0.2) is 82.3 Å². The lowest BCUT2D eigenvalue weighted by molar-refractivity contribution is -0.214. The number of fused-ring (bicyclic) bond motifs is 2. The van der Waals surface area contributed by atoms with Crippen LogP contribution in [0.2, 0.25) is 0 Å². The number of hydrogen-bond donors (Lipinski definition) is 2. The van der Waals surface area contributed by atoms with Gasteiger partial charge in [0.05, 0.1) is 28.1 Å². The lowest BCUT2D eigenvalue weighted by Gasteiger charge is -2.55. The van der Waals surface area contributed by atoms with Gasteiger partial charge in [-0.1, -0.05) is 62.0 Å². The molecule has 0 saturated heterocycles. The molecule has 0 unspecified atom stereocenters. The molecule has 12 heteroatoms. The normalized spacial score (nSPS) is 30.8. The first-order valence-electron chi connectivity index (χ1n) is 17.8. The van der Waals surface area contributed by atoms with E-state index in [1.54, 1.807) is 38.1 Å². The standard InChI is InChI=1S/C42H48O12/c1-23-30(46)21-32(50-25(3)43)41(8)35(23)37(51-26(4)44)42(40(6,7)49)22-31(53-33(47)20-19-28-15-11-9-12-16-28)24(2)34(42)36(38(41)52-27(5)45)54-39(48)29-17-13-10-14-18-29/h9-20,30-32,35-38,46,49H,1,21-22H2,2-8H3/t30-,31-,32+,35-,36+,37-,38+,41-,42+/m0/s1. The van der Waals surface area contributed by atoms with Crippen LogP contribution in [0.15, 0.2) is 90.0 Å². The molecule has 2 N–H and O–H groups in total. The lowest BCUT2D eigenvalue weighted by atomic mass is 9.54. The molecule has 2 aromatic carbocycles. The molecule has 2 fully saturated rings. The van der Waals surface area contributed by atoms with Crippen LogP contribution in [0.1, 0.15) is 77.2 Å². The molecule has 0 heterocycles. The van der Waals surface area contributed by atoms with Crippen molar-refractivity contribution < 1.29 is 57.9 Å². The summed E-state index contributed by atoms with van der Waals surface area (Å²) in [5.41, 5.74) is -3.68. The van der Waals surface area contributed by atoms with Gasteiger partial charge in [0.25, 0.3) is 0 Å². The maximum Gasteiger partial charge on any atom is 0.338 e. The third-order valence-electron chi connectivity index (χ3n) is 11.2. The van der Waals surface area contributed by atoms with Crippen molar-refractivity contribution in [2.45, 2.75) is 104 Å². The molecule has 9 atom stereocenters. The molecule has 2 saturated carbocycles. The molecule has 0 aromatic heterocycles. The maximum atomic E-state index is 14.1. The van der Waals surface area contributed by atoms with Gasteiger partial charge < -0.3 is 33.9 Å². The second-order valence-electron chi connectivity index (χ2n) is 15.0. The van der Waals surface area contributed by atoms with Crippen LogP contribution < -0.4 is 0 Å². The highest BCUT2D eigenvalue weighted by Gasteiger charge is 2.74. The fourth-order valence-electron chi connectivity index (χ4n) is 8.82. The highest BCUT2D eigenvalue weighted by Crippen LogP contribution is 2.66. The zero-order chi connectivity index (χ0) is 39.7. The van der Waals surface area contributed by atoms with Crippen LogP contribution >= 0.6 is 0 Å². The van der Waals surface area contributed by atoms with Crippen LogP contribution in [0.25, 0.3) is 6.08 Å². The molecule has 5 rings (SSSR count). The minimum Gasteiger partial charge on any atom is -0.462 e. The molecule has 288 valence electrons. The smallest absolute Gasteiger partial charge is 0.338 e. The number of ether oxygens (including phenoxy) is 5. The molecule has 3 aliphatic rings. The summed E-state index contributed by atoms with van der Waals surface area (Å²) in [6, 6.07) is 17.2. The molecule has 0 radical (unpaired) electrons. The van der Waals surface area contributed by atoms with E-state index in [4.69, 9.17) is 23.7 Å². The van der Waals surface area contributed by atoms with Crippen LogP contribution in [0, 0.1) is 16.7 Å². The summed E-state index contributed by atoms with van der Waals surface area (Å²) in [4.78, 5) is 66.6. The van der Waals surface area contributed by atoms with E-state index >= 15 is 0 Å². The molecule has 0 bridgehead atoms. The first-order chi connectivity index (χ1) is 25.3. The van der Waals surface area contributed by atoms with Crippen molar-refractivity contribution in [1.29, 1.82) is 0 Å². The van der Waals surface area contributed by atoms with Crippen molar-refractivity contribution in [1.82, 2.24) is 0 Å². The van der Waals surface area contributed by atoms with Gasteiger partial charge >= 0.3 is 29.8 Å². The average molecular weight is 745 g/mol.